The van der Waals surface area contributed by atoms with Crippen molar-refractivity contribution >= 4 is 18.1 Å². The molecule has 3 rings (SSSR count). The summed E-state index contributed by atoms with van der Waals surface area (Å²) in [5.41, 5.74) is 1.10. The van der Waals surface area contributed by atoms with Crippen molar-refractivity contribution in [3.05, 3.63) is 59.7 Å². The van der Waals surface area contributed by atoms with E-state index < -0.39 is 17.8 Å². The van der Waals surface area contributed by atoms with E-state index in [1.54, 1.807) is 6.07 Å². The summed E-state index contributed by atoms with van der Waals surface area (Å²) in [6.45, 7) is 8.26. The normalized spacial score (nSPS) is 15.8. The Kier molecular flexibility index (Phi) is 11.0. The number of alkyl halides is 3. The molecule has 0 bridgehead atoms. The monoisotopic (exact) mass is 502 g/mol. The minimum atomic E-state index is -4.34. The van der Waals surface area contributed by atoms with Gasteiger partial charge in [0.05, 0.1) is 24.9 Å². The number of aliphatic hydroxyl groups excluding tert-OH is 1. The van der Waals surface area contributed by atoms with Crippen molar-refractivity contribution in [2.24, 2.45) is 0 Å². The molecule has 0 aliphatic carbocycles. The first-order chi connectivity index (χ1) is 15.7. The van der Waals surface area contributed by atoms with Crippen LogP contribution in [0.4, 0.5) is 18.9 Å². The highest BCUT2D eigenvalue weighted by Crippen LogP contribution is 2.32. The lowest BCUT2D eigenvalue weighted by molar-refractivity contribution is -0.137. The van der Waals surface area contributed by atoms with Gasteiger partial charge in [-0.1, -0.05) is 38.1 Å². The van der Waals surface area contributed by atoms with Crippen molar-refractivity contribution in [3.8, 4) is 5.75 Å². The first-order valence-corrected chi connectivity index (χ1v) is 11.4. The van der Waals surface area contributed by atoms with Gasteiger partial charge in [-0.25, -0.2) is 0 Å². The van der Waals surface area contributed by atoms with E-state index in [4.69, 9.17) is 9.47 Å². The summed E-state index contributed by atoms with van der Waals surface area (Å²) in [7, 11) is 0. The lowest BCUT2D eigenvalue weighted by atomic mass is 10.0. The van der Waals surface area contributed by atoms with Gasteiger partial charge < -0.3 is 19.5 Å². The largest absolute Gasteiger partial charge is 0.491 e. The molecule has 0 amide bonds. The van der Waals surface area contributed by atoms with Crippen LogP contribution in [0.15, 0.2) is 48.5 Å². The van der Waals surface area contributed by atoms with Crippen molar-refractivity contribution < 1.29 is 27.8 Å². The van der Waals surface area contributed by atoms with Crippen LogP contribution < -0.4 is 9.64 Å². The summed E-state index contributed by atoms with van der Waals surface area (Å²) in [4.78, 5) is 4.05. The highest BCUT2D eigenvalue weighted by Gasteiger charge is 2.31. The maximum atomic E-state index is 13.0. The number of ether oxygens (including phenoxy) is 2. The molecule has 0 radical (unpaired) electrons. The number of hydrogen-bond donors (Lipinski definition) is 1. The molecular weight excluding hydrogens is 469 g/mol. The number of benzene rings is 2. The van der Waals surface area contributed by atoms with Crippen LogP contribution >= 0.6 is 12.4 Å². The van der Waals surface area contributed by atoms with Crippen molar-refractivity contribution in [2.75, 3.05) is 57.4 Å². The fraction of sp³-hybridized carbons (Fsp3) is 0.520. The molecule has 9 heteroatoms. The van der Waals surface area contributed by atoms with Gasteiger partial charge in [-0.05, 0) is 35.7 Å². The molecule has 0 spiro atoms. The molecule has 34 heavy (non-hydrogen) atoms. The summed E-state index contributed by atoms with van der Waals surface area (Å²) in [5, 5.41) is 10.3. The van der Waals surface area contributed by atoms with Gasteiger partial charge in [0, 0.05) is 38.4 Å². The Morgan fingerprint density at radius 1 is 0.971 bits per heavy atom. The fourth-order valence-corrected chi connectivity index (χ4v) is 3.94. The maximum Gasteiger partial charge on any atom is 0.416 e. The number of halogens is 4. The zero-order chi connectivity index (χ0) is 23.8. The zero-order valence-electron chi connectivity index (χ0n) is 19.6. The van der Waals surface area contributed by atoms with Gasteiger partial charge in [-0.15, -0.1) is 12.4 Å². The van der Waals surface area contributed by atoms with Crippen molar-refractivity contribution in [1.82, 2.24) is 4.90 Å². The average Bonchev–Trinajstić information content (AvgIpc) is 2.79. The van der Waals surface area contributed by atoms with Crippen LogP contribution in [0.5, 0.6) is 5.75 Å². The summed E-state index contributed by atoms with van der Waals surface area (Å²) < 4.78 is 50.3. The third kappa shape index (κ3) is 8.34. The van der Waals surface area contributed by atoms with E-state index in [1.165, 1.54) is 12.1 Å². The van der Waals surface area contributed by atoms with Crippen LogP contribution in [0.2, 0.25) is 0 Å². The molecule has 1 saturated heterocycles. The van der Waals surface area contributed by atoms with Gasteiger partial charge in [-0.2, -0.15) is 13.2 Å². The van der Waals surface area contributed by atoms with Crippen LogP contribution in [0, 0.1) is 0 Å². The number of para-hydroxylation sites is 1. The van der Waals surface area contributed by atoms with Gasteiger partial charge in [0.1, 0.15) is 12.4 Å². The molecule has 2 aromatic carbocycles. The molecule has 1 aliphatic rings. The standard InChI is InChI=1S/C25H33F3N2O3.ClH/c1-19(2)23-8-3-4-9-24(23)33-15-14-32-18-22(31)17-29-10-12-30(13-11-29)21-7-5-6-20(16-21)25(26,27)28;/h3-9,16,19,22,31H,10-15,17-18H2,1-2H3;1H. The van der Waals surface area contributed by atoms with Crippen molar-refractivity contribution in [1.29, 1.82) is 0 Å². The van der Waals surface area contributed by atoms with E-state index in [2.05, 4.69) is 24.8 Å². The van der Waals surface area contributed by atoms with Crippen LogP contribution in [0.3, 0.4) is 0 Å². The topological polar surface area (TPSA) is 45.2 Å². The van der Waals surface area contributed by atoms with E-state index in [1.807, 2.05) is 23.1 Å². The van der Waals surface area contributed by atoms with Gasteiger partial charge in [0.15, 0.2) is 0 Å². The van der Waals surface area contributed by atoms with E-state index in [9.17, 15) is 18.3 Å². The Balaban J connectivity index is 0.00000408. The molecule has 1 atom stereocenters. The number of β-amino-alcohol motifs (C(OH)–C–C–N with tert-alkyl or cyclic N) is 1. The molecule has 0 aromatic heterocycles. The number of nitrogens with zero attached hydrogens (tertiary/aromatic N) is 2. The Morgan fingerprint density at radius 3 is 2.35 bits per heavy atom. The predicted molar refractivity (Wildman–Crippen MR) is 130 cm³/mol. The maximum absolute atomic E-state index is 13.0. The third-order valence-corrected chi connectivity index (χ3v) is 5.72. The second kappa shape index (κ2) is 13.2. The fourth-order valence-electron chi connectivity index (χ4n) is 3.94. The lowest BCUT2D eigenvalue weighted by Crippen LogP contribution is -2.49. The highest BCUT2D eigenvalue weighted by molar-refractivity contribution is 5.85. The molecule has 5 nitrogen and oxygen atoms in total. The predicted octanol–water partition coefficient (Wildman–Crippen LogP) is 4.83. The van der Waals surface area contributed by atoms with E-state index in [0.29, 0.717) is 57.5 Å². The molecule has 2 aromatic rings. The molecule has 1 unspecified atom stereocenters. The van der Waals surface area contributed by atoms with Crippen molar-refractivity contribution in [2.45, 2.75) is 32.0 Å². The van der Waals surface area contributed by atoms with Crippen molar-refractivity contribution in [3.63, 3.8) is 0 Å². The van der Waals surface area contributed by atoms with Gasteiger partial charge in [0.2, 0.25) is 0 Å². The molecule has 1 N–H and O–H groups in total. The van der Waals surface area contributed by atoms with E-state index >= 15 is 0 Å². The average molecular weight is 503 g/mol. The lowest BCUT2D eigenvalue weighted by Gasteiger charge is -2.37. The zero-order valence-corrected chi connectivity index (χ0v) is 20.4. The van der Waals surface area contributed by atoms with Gasteiger partial charge >= 0.3 is 6.18 Å². The molecule has 1 heterocycles. The number of anilines is 1. The summed E-state index contributed by atoms with van der Waals surface area (Å²) >= 11 is 0. The second-order valence-corrected chi connectivity index (χ2v) is 8.61. The quantitative estimate of drug-likeness (QED) is 0.471. The number of piperazine rings is 1. The molecular formula is C25H34ClF3N2O3. The summed E-state index contributed by atoms with van der Waals surface area (Å²) in [5.74, 6) is 1.23. The van der Waals surface area contributed by atoms with Crippen LogP contribution in [-0.4, -0.2) is 68.7 Å². The first kappa shape index (κ1) is 28.2. The first-order valence-electron chi connectivity index (χ1n) is 11.4. The molecule has 0 saturated carbocycles. The Bertz CT molecular complexity index is 874. The molecule has 1 aliphatic heterocycles. The van der Waals surface area contributed by atoms with Crippen LogP contribution in [0.25, 0.3) is 0 Å². The van der Waals surface area contributed by atoms with Crippen LogP contribution in [-0.2, 0) is 10.9 Å². The van der Waals surface area contributed by atoms with Crippen LogP contribution in [0.1, 0.15) is 30.9 Å². The Hall–Kier alpha value is -2.00. The smallest absolute Gasteiger partial charge is 0.416 e. The third-order valence-electron chi connectivity index (χ3n) is 5.72. The minimum absolute atomic E-state index is 0. The number of hydrogen-bond acceptors (Lipinski definition) is 5. The summed E-state index contributed by atoms with van der Waals surface area (Å²) in [6, 6.07) is 13.4. The van der Waals surface area contributed by atoms with Gasteiger partial charge in [0.25, 0.3) is 0 Å². The number of aliphatic hydroxyl groups is 1. The number of rotatable bonds is 10. The Morgan fingerprint density at radius 2 is 1.68 bits per heavy atom. The highest BCUT2D eigenvalue weighted by atomic mass is 35.5. The molecule has 1 fully saturated rings. The summed E-state index contributed by atoms with van der Waals surface area (Å²) in [6.07, 6.45) is -4.97. The van der Waals surface area contributed by atoms with E-state index in [-0.39, 0.29) is 19.0 Å². The molecule has 190 valence electrons. The Labute approximate surface area is 205 Å². The van der Waals surface area contributed by atoms with E-state index in [0.717, 1.165) is 17.4 Å². The SMILES string of the molecule is CC(C)c1ccccc1OCCOCC(O)CN1CCN(c2cccc(C(F)(F)F)c2)CC1.Cl. The minimum Gasteiger partial charge on any atom is -0.491 e. The second-order valence-electron chi connectivity index (χ2n) is 8.61. The van der Waals surface area contributed by atoms with Gasteiger partial charge in [-0.3, -0.25) is 4.90 Å².